The number of aryl methyl sites for hydroxylation is 2. The molecule has 19 heavy (non-hydrogen) atoms. The molecule has 0 bridgehead atoms. The third-order valence-corrected chi connectivity index (χ3v) is 2.61. The highest BCUT2D eigenvalue weighted by Crippen LogP contribution is 2.26. The number of amides is 2. The van der Waals surface area contributed by atoms with Crippen LogP contribution in [-0.2, 0) is 4.79 Å². The molecule has 104 valence electrons. The summed E-state index contributed by atoms with van der Waals surface area (Å²) in [6.45, 7) is 3.88. The summed E-state index contributed by atoms with van der Waals surface area (Å²) in [5.41, 5.74) is 2.53. The number of aliphatic carboxylic acids is 1. The van der Waals surface area contributed by atoms with Crippen LogP contribution in [0.3, 0.4) is 0 Å². The number of hydrogen-bond acceptors (Lipinski definition) is 3. The molecule has 1 rings (SSSR count). The van der Waals surface area contributed by atoms with Crippen molar-refractivity contribution in [2.24, 2.45) is 0 Å². The van der Waals surface area contributed by atoms with Crippen LogP contribution in [0.15, 0.2) is 12.1 Å². The van der Waals surface area contributed by atoms with Gasteiger partial charge in [-0.3, -0.25) is 4.79 Å². The Hall–Kier alpha value is -2.24. The molecule has 0 aromatic heterocycles. The molecular formula is C13H18N2O4. The molecule has 0 atom stereocenters. The minimum atomic E-state index is -0.950. The topological polar surface area (TPSA) is 87.7 Å². The number of carbonyl (C=O) groups is 2. The summed E-state index contributed by atoms with van der Waals surface area (Å²) in [6, 6.07) is 3.21. The summed E-state index contributed by atoms with van der Waals surface area (Å²) >= 11 is 0. The Labute approximate surface area is 111 Å². The maximum absolute atomic E-state index is 11.6. The fraction of sp³-hybridized carbons (Fsp3) is 0.385. The van der Waals surface area contributed by atoms with Gasteiger partial charge in [0, 0.05) is 18.3 Å². The van der Waals surface area contributed by atoms with Gasteiger partial charge in [0.15, 0.2) is 0 Å². The number of carboxylic acid groups (broad SMARTS) is 1. The largest absolute Gasteiger partial charge is 0.496 e. The van der Waals surface area contributed by atoms with Crippen molar-refractivity contribution in [1.82, 2.24) is 5.32 Å². The number of hydrogen-bond donors (Lipinski definition) is 3. The maximum Gasteiger partial charge on any atom is 0.319 e. The van der Waals surface area contributed by atoms with Gasteiger partial charge in [0.25, 0.3) is 0 Å². The molecule has 1 aromatic rings. The lowest BCUT2D eigenvalue weighted by molar-refractivity contribution is -0.136. The molecule has 0 aliphatic carbocycles. The molecule has 0 aliphatic heterocycles. The van der Waals surface area contributed by atoms with Gasteiger partial charge >= 0.3 is 12.0 Å². The summed E-state index contributed by atoms with van der Waals surface area (Å²) in [6.07, 6.45) is -0.108. The normalized spacial score (nSPS) is 9.84. The molecule has 0 radical (unpaired) electrons. The van der Waals surface area contributed by atoms with Crippen LogP contribution in [0.4, 0.5) is 10.5 Å². The molecule has 2 amide bonds. The second-order valence-electron chi connectivity index (χ2n) is 4.16. The molecule has 1 aromatic carbocycles. The average Bonchev–Trinajstić information content (AvgIpc) is 2.32. The van der Waals surface area contributed by atoms with E-state index in [1.807, 2.05) is 19.9 Å². The van der Waals surface area contributed by atoms with Crippen molar-refractivity contribution in [2.75, 3.05) is 19.0 Å². The number of nitrogens with one attached hydrogen (secondary N) is 2. The number of ether oxygens (including phenoxy) is 1. The maximum atomic E-state index is 11.6. The Morgan fingerprint density at radius 1 is 1.26 bits per heavy atom. The number of carbonyl (C=O) groups excluding carboxylic acids is 1. The van der Waals surface area contributed by atoms with E-state index < -0.39 is 12.0 Å². The van der Waals surface area contributed by atoms with Gasteiger partial charge in [-0.25, -0.2) is 4.79 Å². The monoisotopic (exact) mass is 266 g/mol. The number of urea groups is 1. The highest BCUT2D eigenvalue weighted by Gasteiger charge is 2.08. The van der Waals surface area contributed by atoms with E-state index in [2.05, 4.69) is 10.6 Å². The number of benzene rings is 1. The van der Waals surface area contributed by atoms with Crippen LogP contribution >= 0.6 is 0 Å². The van der Waals surface area contributed by atoms with Crippen LogP contribution in [-0.4, -0.2) is 30.8 Å². The summed E-state index contributed by atoms with van der Waals surface area (Å²) < 4.78 is 5.19. The molecular weight excluding hydrogens is 248 g/mol. The molecule has 0 saturated carbocycles. The van der Waals surface area contributed by atoms with E-state index in [1.165, 1.54) is 0 Å². The Bertz CT molecular complexity index is 486. The Morgan fingerprint density at radius 2 is 1.95 bits per heavy atom. The number of anilines is 1. The van der Waals surface area contributed by atoms with E-state index >= 15 is 0 Å². The zero-order valence-electron chi connectivity index (χ0n) is 11.2. The Balaban J connectivity index is 2.66. The molecule has 3 N–H and O–H groups in total. The lowest BCUT2D eigenvalue weighted by Crippen LogP contribution is -2.30. The highest BCUT2D eigenvalue weighted by atomic mass is 16.5. The van der Waals surface area contributed by atoms with Gasteiger partial charge in [0.05, 0.1) is 13.5 Å². The van der Waals surface area contributed by atoms with Crippen molar-refractivity contribution in [1.29, 1.82) is 0 Å². The van der Waals surface area contributed by atoms with Crippen LogP contribution in [0.1, 0.15) is 17.5 Å². The first-order chi connectivity index (χ1) is 8.93. The van der Waals surface area contributed by atoms with Crippen LogP contribution in [0.5, 0.6) is 5.75 Å². The third-order valence-electron chi connectivity index (χ3n) is 2.61. The molecule has 6 nitrogen and oxygen atoms in total. The van der Waals surface area contributed by atoms with Gasteiger partial charge in [-0.15, -0.1) is 0 Å². The number of methoxy groups -OCH3 is 1. The van der Waals surface area contributed by atoms with Crippen LogP contribution in [0.25, 0.3) is 0 Å². The smallest absolute Gasteiger partial charge is 0.319 e. The van der Waals surface area contributed by atoms with Crippen LogP contribution < -0.4 is 15.4 Å². The van der Waals surface area contributed by atoms with Gasteiger partial charge in [-0.2, -0.15) is 0 Å². The third kappa shape index (κ3) is 4.50. The zero-order chi connectivity index (χ0) is 14.4. The van der Waals surface area contributed by atoms with E-state index in [4.69, 9.17) is 9.84 Å². The minimum absolute atomic E-state index is 0.0865. The lowest BCUT2D eigenvalue weighted by Gasteiger charge is -2.13. The fourth-order valence-electron chi connectivity index (χ4n) is 1.64. The zero-order valence-corrected chi connectivity index (χ0v) is 11.2. The molecule has 0 spiro atoms. The predicted molar refractivity (Wildman–Crippen MR) is 71.7 cm³/mol. The van der Waals surface area contributed by atoms with Crippen molar-refractivity contribution in [3.63, 3.8) is 0 Å². The van der Waals surface area contributed by atoms with Crippen molar-refractivity contribution >= 4 is 17.7 Å². The molecule has 0 saturated heterocycles. The summed E-state index contributed by atoms with van der Waals surface area (Å²) in [5.74, 6) is -0.264. The van der Waals surface area contributed by atoms with Gasteiger partial charge in [0.2, 0.25) is 0 Å². The molecule has 0 unspecified atom stereocenters. The second kappa shape index (κ2) is 6.63. The van der Waals surface area contributed by atoms with Gasteiger partial charge in [0.1, 0.15) is 5.75 Å². The molecule has 6 heteroatoms. The van der Waals surface area contributed by atoms with E-state index in [1.54, 1.807) is 13.2 Å². The van der Waals surface area contributed by atoms with Gasteiger partial charge in [-0.05, 0) is 25.0 Å². The summed E-state index contributed by atoms with van der Waals surface area (Å²) in [7, 11) is 1.56. The first kappa shape index (κ1) is 14.8. The van der Waals surface area contributed by atoms with Crippen molar-refractivity contribution in [2.45, 2.75) is 20.3 Å². The van der Waals surface area contributed by atoms with E-state index in [0.717, 1.165) is 11.1 Å². The van der Waals surface area contributed by atoms with Crippen molar-refractivity contribution in [3.8, 4) is 5.75 Å². The second-order valence-corrected chi connectivity index (χ2v) is 4.16. The SMILES string of the molecule is COc1cc(NC(=O)NCCC(=O)O)c(C)cc1C. The summed E-state index contributed by atoms with van der Waals surface area (Å²) in [4.78, 5) is 21.9. The number of carboxylic acids is 1. The Kier molecular flexibility index (Phi) is 5.17. The lowest BCUT2D eigenvalue weighted by atomic mass is 10.1. The predicted octanol–water partition coefficient (Wildman–Crippen LogP) is 1.91. The molecule has 0 fully saturated rings. The first-order valence-electron chi connectivity index (χ1n) is 5.86. The van der Waals surface area contributed by atoms with E-state index in [-0.39, 0.29) is 13.0 Å². The minimum Gasteiger partial charge on any atom is -0.496 e. The highest BCUT2D eigenvalue weighted by molar-refractivity contribution is 5.90. The Morgan fingerprint density at radius 3 is 2.53 bits per heavy atom. The molecule has 0 aliphatic rings. The van der Waals surface area contributed by atoms with Crippen molar-refractivity contribution < 1.29 is 19.4 Å². The van der Waals surface area contributed by atoms with Crippen molar-refractivity contribution in [3.05, 3.63) is 23.3 Å². The van der Waals surface area contributed by atoms with Crippen LogP contribution in [0.2, 0.25) is 0 Å². The fourth-order valence-corrected chi connectivity index (χ4v) is 1.64. The van der Waals surface area contributed by atoms with Gasteiger partial charge < -0.3 is 20.5 Å². The first-order valence-corrected chi connectivity index (χ1v) is 5.86. The van der Waals surface area contributed by atoms with E-state index in [0.29, 0.717) is 11.4 Å². The van der Waals surface area contributed by atoms with Crippen LogP contribution in [0, 0.1) is 13.8 Å². The quantitative estimate of drug-likeness (QED) is 0.759. The standard InChI is InChI=1S/C13H18N2O4/c1-8-6-9(2)11(19-3)7-10(8)15-13(18)14-5-4-12(16)17/h6-7H,4-5H2,1-3H3,(H,16,17)(H2,14,15,18). The van der Waals surface area contributed by atoms with E-state index in [9.17, 15) is 9.59 Å². The molecule has 0 heterocycles. The average molecular weight is 266 g/mol. The van der Waals surface area contributed by atoms with Gasteiger partial charge in [-0.1, -0.05) is 6.07 Å². The number of rotatable bonds is 5. The summed E-state index contributed by atoms with van der Waals surface area (Å²) in [5, 5.41) is 13.6.